The van der Waals surface area contributed by atoms with Crippen molar-refractivity contribution in [2.24, 2.45) is 0 Å². The molecule has 0 aliphatic carbocycles. The SMILES string of the molecule is C=COC=C.FC(F)(F)C=COCc1ccccc1. The van der Waals surface area contributed by atoms with Crippen molar-refractivity contribution < 1.29 is 22.6 Å². The van der Waals surface area contributed by atoms with Gasteiger partial charge in [-0.2, -0.15) is 13.2 Å². The third-order valence-electron chi connectivity index (χ3n) is 1.64. The number of hydrogen-bond donors (Lipinski definition) is 0. The van der Waals surface area contributed by atoms with E-state index < -0.39 is 6.18 Å². The first-order chi connectivity index (χ1) is 8.99. The second-order valence-electron chi connectivity index (χ2n) is 3.11. The predicted molar refractivity (Wildman–Crippen MR) is 67.9 cm³/mol. The minimum atomic E-state index is -4.31. The second kappa shape index (κ2) is 9.82. The van der Waals surface area contributed by atoms with Crippen molar-refractivity contribution in [3.05, 3.63) is 73.9 Å². The van der Waals surface area contributed by atoms with Gasteiger partial charge in [0.25, 0.3) is 0 Å². The molecule has 0 amide bonds. The van der Waals surface area contributed by atoms with E-state index in [9.17, 15) is 13.2 Å². The van der Waals surface area contributed by atoms with Crippen LogP contribution in [0.2, 0.25) is 0 Å². The van der Waals surface area contributed by atoms with Gasteiger partial charge in [-0.15, -0.1) is 0 Å². The first-order valence-electron chi connectivity index (χ1n) is 5.27. The molecule has 104 valence electrons. The van der Waals surface area contributed by atoms with Gasteiger partial charge in [-0.05, 0) is 5.56 Å². The number of halogens is 3. The van der Waals surface area contributed by atoms with E-state index in [2.05, 4.69) is 17.9 Å². The lowest BCUT2D eigenvalue weighted by molar-refractivity contribution is -0.0817. The fourth-order valence-corrected chi connectivity index (χ4v) is 0.912. The van der Waals surface area contributed by atoms with E-state index in [4.69, 9.17) is 4.74 Å². The molecular formula is C14H15F3O2. The zero-order chi connectivity index (χ0) is 14.6. The molecule has 0 radical (unpaired) electrons. The van der Waals surface area contributed by atoms with Gasteiger partial charge in [0, 0.05) is 0 Å². The monoisotopic (exact) mass is 272 g/mol. The Bertz CT molecular complexity index is 377. The van der Waals surface area contributed by atoms with E-state index in [1.165, 1.54) is 12.5 Å². The quantitative estimate of drug-likeness (QED) is 0.731. The van der Waals surface area contributed by atoms with Gasteiger partial charge in [0.15, 0.2) is 0 Å². The summed E-state index contributed by atoms with van der Waals surface area (Å²) in [6.45, 7) is 6.66. The highest BCUT2D eigenvalue weighted by Gasteiger charge is 2.22. The maximum Gasteiger partial charge on any atom is 0.412 e. The normalized spacial score (nSPS) is 10.3. The van der Waals surface area contributed by atoms with Crippen LogP contribution in [-0.4, -0.2) is 6.18 Å². The summed E-state index contributed by atoms with van der Waals surface area (Å²) in [7, 11) is 0. The third-order valence-corrected chi connectivity index (χ3v) is 1.64. The molecule has 0 bridgehead atoms. The van der Waals surface area contributed by atoms with E-state index in [1.807, 2.05) is 6.07 Å². The van der Waals surface area contributed by atoms with Crippen LogP contribution in [-0.2, 0) is 16.1 Å². The van der Waals surface area contributed by atoms with Crippen molar-refractivity contribution in [2.75, 3.05) is 0 Å². The largest absolute Gasteiger partial charge is 0.497 e. The maximum atomic E-state index is 11.6. The van der Waals surface area contributed by atoms with E-state index in [0.717, 1.165) is 5.56 Å². The van der Waals surface area contributed by atoms with Crippen LogP contribution in [0.5, 0.6) is 0 Å². The standard InChI is InChI=1S/C10H9F3O.C4H6O/c11-10(12,13)6-7-14-8-9-4-2-1-3-5-9;1-3-5-4-2/h1-7H,8H2;3-4H,1-2H2. The fourth-order valence-electron chi connectivity index (χ4n) is 0.912. The number of benzene rings is 1. The second-order valence-corrected chi connectivity index (χ2v) is 3.11. The fraction of sp³-hybridized carbons (Fsp3) is 0.143. The molecule has 2 nitrogen and oxygen atoms in total. The Kier molecular flexibility index (Phi) is 8.70. The lowest BCUT2D eigenvalue weighted by Crippen LogP contribution is -2.01. The molecule has 1 aromatic rings. The summed E-state index contributed by atoms with van der Waals surface area (Å²) in [5.41, 5.74) is 0.833. The average Bonchev–Trinajstić information content (AvgIpc) is 2.37. The molecule has 19 heavy (non-hydrogen) atoms. The van der Waals surface area contributed by atoms with Crippen molar-refractivity contribution in [1.82, 2.24) is 0 Å². The molecule has 0 N–H and O–H groups in total. The number of hydrogen-bond acceptors (Lipinski definition) is 2. The Hall–Kier alpha value is -2.17. The Morgan fingerprint density at radius 2 is 1.63 bits per heavy atom. The smallest absolute Gasteiger partial charge is 0.412 e. The summed E-state index contributed by atoms with van der Waals surface area (Å²) in [6.07, 6.45) is -0.959. The van der Waals surface area contributed by atoms with Crippen molar-refractivity contribution in [2.45, 2.75) is 12.8 Å². The molecule has 0 fully saturated rings. The lowest BCUT2D eigenvalue weighted by atomic mass is 10.2. The molecule has 0 unspecified atom stereocenters. The molecule has 0 aromatic heterocycles. The topological polar surface area (TPSA) is 18.5 Å². The van der Waals surface area contributed by atoms with Gasteiger partial charge in [0.05, 0.1) is 24.9 Å². The van der Waals surface area contributed by atoms with Crippen LogP contribution in [0.1, 0.15) is 5.56 Å². The first-order valence-corrected chi connectivity index (χ1v) is 5.27. The third kappa shape index (κ3) is 12.1. The zero-order valence-electron chi connectivity index (χ0n) is 10.3. The molecule has 0 saturated heterocycles. The van der Waals surface area contributed by atoms with Crippen LogP contribution >= 0.6 is 0 Å². The highest BCUT2D eigenvalue weighted by atomic mass is 19.4. The Morgan fingerprint density at radius 3 is 2.05 bits per heavy atom. The van der Waals surface area contributed by atoms with Gasteiger partial charge in [0.2, 0.25) is 0 Å². The van der Waals surface area contributed by atoms with Gasteiger partial charge in [-0.3, -0.25) is 0 Å². The van der Waals surface area contributed by atoms with Gasteiger partial charge in [-0.1, -0.05) is 43.5 Å². The van der Waals surface area contributed by atoms with Gasteiger partial charge >= 0.3 is 6.18 Å². The van der Waals surface area contributed by atoms with Crippen LogP contribution in [0, 0.1) is 0 Å². The molecule has 0 aliphatic heterocycles. The summed E-state index contributed by atoms with van der Waals surface area (Å²) >= 11 is 0. The molecule has 0 saturated carbocycles. The number of alkyl halides is 3. The summed E-state index contributed by atoms with van der Waals surface area (Å²) in [6, 6.07) is 8.98. The van der Waals surface area contributed by atoms with Crippen molar-refractivity contribution in [3.63, 3.8) is 0 Å². The van der Waals surface area contributed by atoms with Gasteiger partial charge < -0.3 is 9.47 Å². The molecule has 0 spiro atoms. The Labute approximate surface area is 110 Å². The summed E-state index contributed by atoms with van der Waals surface area (Å²) in [5.74, 6) is 0. The minimum Gasteiger partial charge on any atom is -0.497 e. The number of ether oxygens (including phenoxy) is 2. The van der Waals surface area contributed by atoms with E-state index >= 15 is 0 Å². The summed E-state index contributed by atoms with van der Waals surface area (Å²) in [4.78, 5) is 0. The molecule has 1 rings (SSSR count). The Morgan fingerprint density at radius 1 is 1.05 bits per heavy atom. The zero-order valence-corrected chi connectivity index (χ0v) is 10.3. The van der Waals surface area contributed by atoms with Crippen LogP contribution < -0.4 is 0 Å². The van der Waals surface area contributed by atoms with Crippen LogP contribution in [0.4, 0.5) is 13.2 Å². The van der Waals surface area contributed by atoms with Crippen molar-refractivity contribution >= 4 is 0 Å². The molecule has 1 aromatic carbocycles. The summed E-state index contributed by atoms with van der Waals surface area (Å²) < 4.78 is 43.9. The van der Waals surface area contributed by atoms with Crippen molar-refractivity contribution in [3.8, 4) is 0 Å². The highest BCUT2D eigenvalue weighted by molar-refractivity contribution is 5.13. The average molecular weight is 272 g/mol. The predicted octanol–water partition coefficient (Wildman–Crippen LogP) is 4.57. The molecular weight excluding hydrogens is 257 g/mol. The van der Waals surface area contributed by atoms with Crippen LogP contribution in [0.3, 0.4) is 0 Å². The van der Waals surface area contributed by atoms with Crippen LogP contribution in [0.25, 0.3) is 0 Å². The highest BCUT2D eigenvalue weighted by Crippen LogP contribution is 2.15. The van der Waals surface area contributed by atoms with E-state index in [-0.39, 0.29) is 12.7 Å². The number of rotatable bonds is 5. The van der Waals surface area contributed by atoms with E-state index in [1.54, 1.807) is 24.3 Å². The Balaban J connectivity index is 0.000000555. The molecule has 0 aliphatic rings. The van der Waals surface area contributed by atoms with E-state index in [0.29, 0.717) is 6.26 Å². The minimum absolute atomic E-state index is 0.0654. The van der Waals surface area contributed by atoms with Crippen molar-refractivity contribution in [1.29, 1.82) is 0 Å². The lowest BCUT2D eigenvalue weighted by Gasteiger charge is -2.01. The van der Waals surface area contributed by atoms with Gasteiger partial charge in [-0.25, -0.2) is 0 Å². The van der Waals surface area contributed by atoms with Crippen LogP contribution in [0.15, 0.2) is 68.4 Å². The molecule has 5 heteroatoms. The first kappa shape index (κ1) is 16.8. The summed E-state index contributed by atoms with van der Waals surface area (Å²) in [5, 5.41) is 0. The maximum absolute atomic E-state index is 11.6. The van der Waals surface area contributed by atoms with Gasteiger partial charge in [0.1, 0.15) is 6.61 Å². The molecule has 0 atom stereocenters. The molecule has 0 heterocycles. The number of allylic oxidation sites excluding steroid dienone is 1.